The summed E-state index contributed by atoms with van der Waals surface area (Å²) in [6, 6.07) is 26.8. The van der Waals surface area contributed by atoms with Crippen LogP contribution in [-0.2, 0) is 15.0 Å². The molecule has 0 aliphatic heterocycles. The van der Waals surface area contributed by atoms with Crippen LogP contribution >= 0.6 is 0 Å². The van der Waals surface area contributed by atoms with E-state index in [0.717, 1.165) is 11.1 Å². The van der Waals surface area contributed by atoms with Crippen LogP contribution < -0.4 is 0 Å². The molecule has 0 heterocycles. The van der Waals surface area contributed by atoms with Crippen LogP contribution in [0.3, 0.4) is 0 Å². The quantitative estimate of drug-likeness (QED) is 0.606. The van der Waals surface area contributed by atoms with Crippen molar-refractivity contribution in [3.05, 3.63) is 96.1 Å². The van der Waals surface area contributed by atoms with E-state index in [1.165, 1.54) is 0 Å². The van der Waals surface area contributed by atoms with Crippen LogP contribution in [-0.4, -0.2) is 16.7 Å². The molecule has 4 rings (SSSR count). The minimum absolute atomic E-state index is 0.0915. The van der Waals surface area contributed by atoms with E-state index in [-0.39, 0.29) is 11.6 Å². The Morgan fingerprint density at radius 3 is 1.90 bits per heavy atom. The van der Waals surface area contributed by atoms with Crippen molar-refractivity contribution in [1.29, 1.82) is 0 Å². The molecule has 1 fully saturated rings. The molecule has 4 atom stereocenters. The van der Waals surface area contributed by atoms with E-state index in [0.29, 0.717) is 17.5 Å². The zero-order valence-corrected chi connectivity index (χ0v) is 17.3. The number of rotatable bonds is 5. The van der Waals surface area contributed by atoms with Gasteiger partial charge in [-0.05, 0) is 35.6 Å². The number of carbonyl (C=O) groups is 2. The van der Waals surface area contributed by atoms with E-state index >= 15 is 0 Å². The van der Waals surface area contributed by atoms with E-state index in [2.05, 4.69) is 0 Å². The SMILES string of the molecule is CC[C@H]1C(=O)[C@@](C)(c2ccccc2)C(=O)[C@@H]1[C@@H](O)c1ccc(-c2ccccc2)cc1. The topological polar surface area (TPSA) is 54.4 Å². The Labute approximate surface area is 177 Å². The predicted molar refractivity (Wildman–Crippen MR) is 118 cm³/mol. The lowest BCUT2D eigenvalue weighted by Crippen LogP contribution is -2.36. The summed E-state index contributed by atoms with van der Waals surface area (Å²) in [5, 5.41) is 11.2. The third-order valence-electron chi connectivity index (χ3n) is 6.55. The Balaban J connectivity index is 1.67. The van der Waals surface area contributed by atoms with Gasteiger partial charge < -0.3 is 5.11 Å². The summed E-state index contributed by atoms with van der Waals surface area (Å²) in [5.41, 5.74) is 2.29. The predicted octanol–water partition coefficient (Wildman–Crippen LogP) is 5.14. The van der Waals surface area contributed by atoms with Crippen molar-refractivity contribution in [2.24, 2.45) is 11.8 Å². The van der Waals surface area contributed by atoms with Gasteiger partial charge in [0.25, 0.3) is 0 Å². The van der Waals surface area contributed by atoms with Gasteiger partial charge in [0, 0.05) is 5.92 Å². The minimum Gasteiger partial charge on any atom is -0.388 e. The molecule has 0 unspecified atom stereocenters. The van der Waals surface area contributed by atoms with Crippen molar-refractivity contribution in [2.75, 3.05) is 0 Å². The number of Topliss-reactive ketones (excluding diaryl/α,β-unsaturated/α-hetero) is 2. The zero-order valence-electron chi connectivity index (χ0n) is 17.3. The second-order valence-corrected chi connectivity index (χ2v) is 8.19. The van der Waals surface area contributed by atoms with E-state index in [4.69, 9.17) is 0 Å². The molecule has 3 heteroatoms. The second-order valence-electron chi connectivity index (χ2n) is 8.19. The lowest BCUT2D eigenvalue weighted by atomic mass is 9.77. The summed E-state index contributed by atoms with van der Waals surface area (Å²) in [7, 11) is 0. The average molecular weight is 399 g/mol. The van der Waals surface area contributed by atoms with Gasteiger partial charge in [0.15, 0.2) is 11.6 Å². The smallest absolute Gasteiger partial charge is 0.157 e. The number of hydrogen-bond acceptors (Lipinski definition) is 3. The third-order valence-corrected chi connectivity index (χ3v) is 6.55. The average Bonchev–Trinajstić information content (AvgIpc) is 3.01. The Bertz CT molecular complexity index is 1040. The fourth-order valence-electron chi connectivity index (χ4n) is 4.74. The van der Waals surface area contributed by atoms with Gasteiger partial charge in [-0.2, -0.15) is 0 Å². The Hall–Kier alpha value is -3.04. The van der Waals surface area contributed by atoms with E-state index in [9.17, 15) is 14.7 Å². The summed E-state index contributed by atoms with van der Waals surface area (Å²) < 4.78 is 0. The molecule has 0 radical (unpaired) electrons. The van der Waals surface area contributed by atoms with Gasteiger partial charge in [-0.25, -0.2) is 0 Å². The van der Waals surface area contributed by atoms with E-state index in [1.807, 2.05) is 91.9 Å². The first-order valence-corrected chi connectivity index (χ1v) is 10.5. The molecular formula is C27H26O3. The number of ketones is 2. The highest BCUT2D eigenvalue weighted by Crippen LogP contribution is 2.47. The minimum atomic E-state index is -1.21. The molecule has 30 heavy (non-hydrogen) atoms. The molecule has 152 valence electrons. The van der Waals surface area contributed by atoms with Crippen LogP contribution in [0.1, 0.15) is 37.5 Å². The van der Waals surface area contributed by atoms with Crippen molar-refractivity contribution in [1.82, 2.24) is 0 Å². The van der Waals surface area contributed by atoms with Crippen LogP contribution in [0, 0.1) is 11.8 Å². The van der Waals surface area contributed by atoms with Crippen LogP contribution in [0.5, 0.6) is 0 Å². The van der Waals surface area contributed by atoms with Gasteiger partial charge >= 0.3 is 0 Å². The van der Waals surface area contributed by atoms with Gasteiger partial charge in [0.1, 0.15) is 5.41 Å². The number of aliphatic hydroxyl groups is 1. The van der Waals surface area contributed by atoms with Crippen molar-refractivity contribution in [2.45, 2.75) is 31.8 Å². The summed E-state index contributed by atoms with van der Waals surface area (Å²) >= 11 is 0. The van der Waals surface area contributed by atoms with Gasteiger partial charge in [-0.1, -0.05) is 91.9 Å². The van der Waals surface area contributed by atoms with E-state index in [1.54, 1.807) is 6.92 Å². The van der Waals surface area contributed by atoms with Crippen LogP contribution in [0.2, 0.25) is 0 Å². The molecule has 3 aromatic carbocycles. The molecule has 0 spiro atoms. The molecule has 0 saturated heterocycles. The first kappa shape index (κ1) is 20.2. The van der Waals surface area contributed by atoms with Crippen molar-refractivity contribution in [3.63, 3.8) is 0 Å². The molecule has 0 bridgehead atoms. The van der Waals surface area contributed by atoms with Crippen LogP contribution in [0.25, 0.3) is 11.1 Å². The maximum absolute atomic E-state index is 13.5. The molecule has 0 aromatic heterocycles. The number of benzene rings is 3. The maximum Gasteiger partial charge on any atom is 0.157 e. The fraction of sp³-hybridized carbons (Fsp3) is 0.259. The standard InChI is InChI=1S/C27H26O3/c1-3-22-23(26(30)27(2,25(22)29)21-12-8-5-9-13-21)24(28)20-16-14-19(15-17-20)18-10-6-4-7-11-18/h4-17,22-24,28H,3H2,1-2H3/t22-,23+,24+,27-/m1/s1. The second kappa shape index (κ2) is 8.00. The summed E-state index contributed by atoms with van der Waals surface area (Å²) in [4.78, 5) is 26.9. The first-order valence-electron chi connectivity index (χ1n) is 10.5. The number of hydrogen-bond donors (Lipinski definition) is 1. The molecule has 1 aliphatic carbocycles. The first-order chi connectivity index (χ1) is 14.5. The molecule has 0 amide bonds. The van der Waals surface area contributed by atoms with Gasteiger partial charge in [0.2, 0.25) is 0 Å². The van der Waals surface area contributed by atoms with Crippen molar-refractivity contribution in [3.8, 4) is 11.1 Å². The lowest BCUT2D eigenvalue weighted by Gasteiger charge is -2.24. The fourth-order valence-corrected chi connectivity index (χ4v) is 4.74. The molecule has 1 N–H and O–H groups in total. The van der Waals surface area contributed by atoms with Crippen molar-refractivity contribution >= 4 is 11.6 Å². The Kier molecular flexibility index (Phi) is 5.40. The normalized spacial score (nSPS) is 24.8. The molecular weight excluding hydrogens is 372 g/mol. The number of aliphatic hydroxyl groups excluding tert-OH is 1. The molecule has 3 aromatic rings. The van der Waals surface area contributed by atoms with Gasteiger partial charge in [0.05, 0.1) is 12.0 Å². The van der Waals surface area contributed by atoms with Crippen molar-refractivity contribution < 1.29 is 14.7 Å². The molecule has 1 aliphatic rings. The Morgan fingerprint density at radius 2 is 1.33 bits per heavy atom. The van der Waals surface area contributed by atoms with Gasteiger partial charge in [-0.3, -0.25) is 9.59 Å². The molecule has 1 saturated carbocycles. The summed E-state index contributed by atoms with van der Waals surface area (Å²) in [6.07, 6.45) is -0.488. The van der Waals surface area contributed by atoms with Gasteiger partial charge in [-0.15, -0.1) is 0 Å². The largest absolute Gasteiger partial charge is 0.388 e. The summed E-state index contributed by atoms with van der Waals surface area (Å²) in [5.74, 6) is -1.52. The van der Waals surface area contributed by atoms with E-state index < -0.39 is 23.4 Å². The highest BCUT2D eigenvalue weighted by Gasteiger charge is 2.59. The molecule has 3 nitrogen and oxygen atoms in total. The Morgan fingerprint density at radius 1 is 0.800 bits per heavy atom. The van der Waals surface area contributed by atoms with Crippen LogP contribution in [0.4, 0.5) is 0 Å². The zero-order chi connectivity index (χ0) is 21.3. The maximum atomic E-state index is 13.5. The highest BCUT2D eigenvalue weighted by molar-refractivity contribution is 6.20. The van der Waals surface area contributed by atoms with Crippen LogP contribution in [0.15, 0.2) is 84.9 Å². The number of carbonyl (C=O) groups excluding carboxylic acids is 2. The summed E-state index contributed by atoms with van der Waals surface area (Å²) in [6.45, 7) is 3.62. The monoisotopic (exact) mass is 398 g/mol. The third kappa shape index (κ3) is 3.20. The highest BCUT2D eigenvalue weighted by atomic mass is 16.3. The lowest BCUT2D eigenvalue weighted by molar-refractivity contribution is -0.131.